The van der Waals surface area contributed by atoms with Crippen molar-refractivity contribution in [2.45, 2.75) is 322 Å². The summed E-state index contributed by atoms with van der Waals surface area (Å²) >= 11 is 0. The first-order chi connectivity index (χ1) is 36.0. The first-order valence-electron chi connectivity index (χ1n) is 31.4. The van der Waals surface area contributed by atoms with E-state index < -0.39 is 6.10 Å². The molecule has 0 spiro atoms. The van der Waals surface area contributed by atoms with Gasteiger partial charge in [0.05, 0.1) is 0 Å². The number of hydrogen-bond donors (Lipinski definition) is 0. The molecule has 0 N–H and O–H groups in total. The quantitative estimate of drug-likeness (QED) is 0.0261. The second-order valence-electron chi connectivity index (χ2n) is 20.9. The number of ether oxygens (including phenoxy) is 3. The molecule has 0 aromatic carbocycles. The minimum Gasteiger partial charge on any atom is -0.462 e. The Hall–Kier alpha value is -3.15. The average molecular weight is 1020 g/mol. The molecular weight excluding hydrogens is 901 g/mol. The van der Waals surface area contributed by atoms with Gasteiger partial charge < -0.3 is 14.2 Å². The predicted molar refractivity (Wildman–Crippen MR) is 316 cm³/mol. The molecule has 0 aliphatic carbocycles. The molecule has 73 heavy (non-hydrogen) atoms. The van der Waals surface area contributed by atoms with E-state index in [1.54, 1.807) is 0 Å². The summed E-state index contributed by atoms with van der Waals surface area (Å²) < 4.78 is 16.8. The largest absolute Gasteiger partial charge is 0.462 e. The van der Waals surface area contributed by atoms with Gasteiger partial charge >= 0.3 is 17.9 Å². The molecule has 0 aliphatic rings. The Labute approximate surface area is 453 Å². The van der Waals surface area contributed by atoms with Gasteiger partial charge in [0.25, 0.3) is 0 Å². The highest BCUT2D eigenvalue weighted by Gasteiger charge is 2.19. The van der Waals surface area contributed by atoms with Crippen LogP contribution < -0.4 is 0 Å². The maximum Gasteiger partial charge on any atom is 0.306 e. The highest BCUT2D eigenvalue weighted by Crippen LogP contribution is 2.16. The molecule has 6 heteroatoms. The lowest BCUT2D eigenvalue weighted by molar-refractivity contribution is -0.167. The van der Waals surface area contributed by atoms with E-state index in [9.17, 15) is 14.4 Å². The monoisotopic (exact) mass is 1020 g/mol. The Morgan fingerprint density at radius 1 is 0.288 bits per heavy atom. The molecule has 0 saturated heterocycles. The molecule has 0 aromatic rings. The van der Waals surface area contributed by atoms with Crippen LogP contribution in [-0.2, 0) is 28.6 Å². The molecule has 1 atom stereocenters. The van der Waals surface area contributed by atoms with E-state index in [1.807, 2.05) is 0 Å². The van der Waals surface area contributed by atoms with Crippen molar-refractivity contribution < 1.29 is 28.6 Å². The van der Waals surface area contributed by atoms with E-state index in [-0.39, 0.29) is 31.1 Å². The van der Waals surface area contributed by atoms with E-state index in [1.165, 1.54) is 180 Å². The van der Waals surface area contributed by atoms with Crippen molar-refractivity contribution in [2.24, 2.45) is 0 Å². The number of unbranched alkanes of at least 4 members (excludes halogenated alkanes) is 34. The molecule has 0 heterocycles. The fourth-order valence-corrected chi connectivity index (χ4v) is 9.00. The highest BCUT2D eigenvalue weighted by atomic mass is 16.6. The van der Waals surface area contributed by atoms with E-state index in [2.05, 4.69) is 93.7 Å². The zero-order valence-electron chi connectivity index (χ0n) is 48.4. The fraction of sp³-hybridized carbons (Fsp3) is 0.776. The van der Waals surface area contributed by atoms with E-state index >= 15 is 0 Å². The van der Waals surface area contributed by atoms with Gasteiger partial charge in [0.1, 0.15) is 13.2 Å². The van der Waals surface area contributed by atoms with Crippen LogP contribution in [-0.4, -0.2) is 37.2 Å². The van der Waals surface area contributed by atoms with Gasteiger partial charge in [-0.2, -0.15) is 0 Å². The Morgan fingerprint density at radius 2 is 0.534 bits per heavy atom. The molecule has 0 rings (SSSR count). The van der Waals surface area contributed by atoms with E-state index in [0.29, 0.717) is 19.3 Å². The zero-order chi connectivity index (χ0) is 52.9. The van der Waals surface area contributed by atoms with Gasteiger partial charge in [0.15, 0.2) is 6.10 Å². The first-order valence-corrected chi connectivity index (χ1v) is 31.4. The van der Waals surface area contributed by atoms with E-state index in [4.69, 9.17) is 14.2 Å². The lowest BCUT2D eigenvalue weighted by Gasteiger charge is -2.18. The maximum absolute atomic E-state index is 12.9. The lowest BCUT2D eigenvalue weighted by atomic mass is 10.0. The third-order valence-corrected chi connectivity index (χ3v) is 13.7. The fourth-order valence-electron chi connectivity index (χ4n) is 9.00. The Morgan fingerprint density at radius 3 is 0.849 bits per heavy atom. The smallest absolute Gasteiger partial charge is 0.306 e. The summed E-state index contributed by atoms with van der Waals surface area (Å²) in [6.07, 6.45) is 79.3. The van der Waals surface area contributed by atoms with Crippen LogP contribution in [0.15, 0.2) is 72.9 Å². The van der Waals surface area contributed by atoms with Crippen molar-refractivity contribution in [3.05, 3.63) is 72.9 Å². The molecule has 0 aliphatic heterocycles. The van der Waals surface area contributed by atoms with Crippen LogP contribution in [0.4, 0.5) is 0 Å². The molecule has 0 fully saturated rings. The molecule has 6 nitrogen and oxygen atoms in total. The molecule has 1 unspecified atom stereocenters. The van der Waals surface area contributed by atoms with Gasteiger partial charge in [0.2, 0.25) is 0 Å². The molecule has 0 bridgehead atoms. The van der Waals surface area contributed by atoms with Crippen molar-refractivity contribution >= 4 is 17.9 Å². The number of hydrogen-bond acceptors (Lipinski definition) is 6. The van der Waals surface area contributed by atoms with Crippen LogP contribution >= 0.6 is 0 Å². The summed E-state index contributed by atoms with van der Waals surface area (Å²) in [5.74, 6) is -0.877. The van der Waals surface area contributed by atoms with Crippen LogP contribution in [0.2, 0.25) is 0 Å². The molecule has 422 valence electrons. The second-order valence-corrected chi connectivity index (χ2v) is 20.9. The summed E-state index contributed by atoms with van der Waals surface area (Å²) in [7, 11) is 0. The standard InChI is InChI=1S/C67H118O6/c1-4-7-10-13-16-18-20-22-24-26-28-30-32-33-35-36-38-40-42-44-46-48-51-54-57-60-66(69)72-63-64(62-71-65(68)59-56-53-50-15-12-9-6-3)73-67(70)61-58-55-52-49-47-45-43-41-39-37-34-31-29-27-25-23-21-19-17-14-11-8-5-2/h7,10,16,18,22,24,27-30,33,35,64H,4-6,8-9,11-15,17,19-21,23,25-26,31-32,34,36-63H2,1-3H3/b10-7-,18-16-,24-22-,29-27-,30-28-,35-33-. The SMILES string of the molecule is CC/C=C\C/C=C\C/C=C\C/C=C\C/C=C\CCCCCCCCCCCC(=O)OCC(COC(=O)CCCCCCCCC)OC(=O)CCCCCCCCCCCCC/C=C\CCCCCCCCCC. The van der Waals surface area contributed by atoms with Crippen molar-refractivity contribution in [3.8, 4) is 0 Å². The summed E-state index contributed by atoms with van der Waals surface area (Å²) in [6.45, 7) is 6.51. The normalized spacial score (nSPS) is 12.5. The number of allylic oxidation sites excluding steroid dienone is 12. The van der Waals surface area contributed by atoms with Gasteiger partial charge in [-0.25, -0.2) is 0 Å². The van der Waals surface area contributed by atoms with Crippen LogP contribution in [0.25, 0.3) is 0 Å². The summed E-state index contributed by atoms with van der Waals surface area (Å²) in [6, 6.07) is 0. The Balaban J connectivity index is 4.15. The van der Waals surface area contributed by atoms with Crippen molar-refractivity contribution in [2.75, 3.05) is 13.2 Å². The van der Waals surface area contributed by atoms with Crippen LogP contribution in [0.3, 0.4) is 0 Å². The number of carbonyl (C=O) groups excluding carboxylic acids is 3. The number of esters is 3. The summed E-state index contributed by atoms with van der Waals surface area (Å²) in [5, 5.41) is 0. The van der Waals surface area contributed by atoms with Gasteiger partial charge in [-0.05, 0) is 89.9 Å². The van der Waals surface area contributed by atoms with Crippen LogP contribution in [0.5, 0.6) is 0 Å². The van der Waals surface area contributed by atoms with Crippen LogP contribution in [0, 0.1) is 0 Å². The van der Waals surface area contributed by atoms with Crippen molar-refractivity contribution in [3.63, 3.8) is 0 Å². The van der Waals surface area contributed by atoms with Gasteiger partial charge in [-0.1, -0.05) is 280 Å². The van der Waals surface area contributed by atoms with Gasteiger partial charge in [-0.3, -0.25) is 14.4 Å². The second kappa shape index (κ2) is 61.4. The minimum atomic E-state index is -0.775. The van der Waals surface area contributed by atoms with Gasteiger partial charge in [0, 0.05) is 19.3 Å². The molecule has 0 saturated carbocycles. The average Bonchev–Trinajstić information content (AvgIpc) is 3.39. The van der Waals surface area contributed by atoms with Crippen molar-refractivity contribution in [1.29, 1.82) is 0 Å². The first kappa shape index (κ1) is 69.8. The molecule has 0 radical (unpaired) electrons. The Bertz CT molecular complexity index is 1360. The minimum absolute atomic E-state index is 0.0752. The molecule has 0 aromatic heterocycles. The predicted octanol–water partition coefficient (Wildman–Crippen LogP) is 21.3. The van der Waals surface area contributed by atoms with Gasteiger partial charge in [-0.15, -0.1) is 0 Å². The summed E-state index contributed by atoms with van der Waals surface area (Å²) in [5.41, 5.74) is 0. The summed E-state index contributed by atoms with van der Waals surface area (Å²) in [4.78, 5) is 38.1. The highest BCUT2D eigenvalue weighted by molar-refractivity contribution is 5.71. The lowest BCUT2D eigenvalue weighted by Crippen LogP contribution is -2.30. The van der Waals surface area contributed by atoms with Crippen LogP contribution in [0.1, 0.15) is 316 Å². The maximum atomic E-state index is 12.9. The van der Waals surface area contributed by atoms with Crippen molar-refractivity contribution in [1.82, 2.24) is 0 Å². The number of carbonyl (C=O) groups is 3. The molecular formula is C67H118O6. The zero-order valence-corrected chi connectivity index (χ0v) is 48.4. The topological polar surface area (TPSA) is 78.9 Å². The molecule has 0 amide bonds. The van der Waals surface area contributed by atoms with E-state index in [0.717, 1.165) is 96.3 Å². The third kappa shape index (κ3) is 59.6. The number of rotatable bonds is 57. The Kier molecular flexibility index (Phi) is 58.7. The third-order valence-electron chi connectivity index (χ3n) is 13.7.